The third-order valence-electron chi connectivity index (χ3n) is 6.48. The summed E-state index contributed by atoms with van der Waals surface area (Å²) in [4.78, 5) is 14.3. The molecule has 156 valence electrons. The van der Waals surface area contributed by atoms with Crippen molar-refractivity contribution in [2.75, 3.05) is 13.1 Å². The van der Waals surface area contributed by atoms with Crippen LogP contribution in [-0.2, 0) is 23.3 Å². The lowest BCUT2D eigenvalue weighted by Crippen LogP contribution is -3.20. The maximum absolute atomic E-state index is 13.0. The maximum atomic E-state index is 13.0. The van der Waals surface area contributed by atoms with Gasteiger partial charge in [-0.3, -0.25) is 4.79 Å². The summed E-state index contributed by atoms with van der Waals surface area (Å²) in [7, 11) is 0. The van der Waals surface area contributed by atoms with Crippen LogP contribution in [0.5, 0.6) is 0 Å². The van der Waals surface area contributed by atoms with Gasteiger partial charge in [-0.05, 0) is 23.6 Å². The highest BCUT2D eigenvalue weighted by atomic mass is 19.1. The van der Waals surface area contributed by atoms with Crippen LogP contribution in [0.1, 0.15) is 44.9 Å². The van der Waals surface area contributed by atoms with Crippen LogP contribution >= 0.6 is 0 Å². The predicted molar refractivity (Wildman–Crippen MR) is 108 cm³/mol. The molecule has 7 heteroatoms. The lowest BCUT2D eigenvalue weighted by molar-refractivity contribution is -0.945. The second kappa shape index (κ2) is 7.86. The molecule has 0 radical (unpaired) electrons. The average Bonchev–Trinajstić information content (AvgIpc) is 3.17. The van der Waals surface area contributed by atoms with Crippen LogP contribution in [0.15, 0.2) is 30.5 Å². The number of hydrogen-bond donors (Lipinski definition) is 2. The molecule has 0 spiro atoms. The van der Waals surface area contributed by atoms with Gasteiger partial charge in [0.15, 0.2) is 0 Å². The van der Waals surface area contributed by atoms with E-state index in [2.05, 4.69) is 42.6 Å². The molecule has 4 heterocycles. The summed E-state index contributed by atoms with van der Waals surface area (Å²) < 4.78 is 15.0. The molecule has 29 heavy (non-hydrogen) atoms. The fourth-order valence-corrected chi connectivity index (χ4v) is 4.70. The summed E-state index contributed by atoms with van der Waals surface area (Å²) in [6.07, 6.45) is 4.22. The van der Waals surface area contributed by atoms with Crippen LogP contribution in [0.25, 0.3) is 0 Å². The van der Waals surface area contributed by atoms with Gasteiger partial charge in [0.2, 0.25) is 5.91 Å². The van der Waals surface area contributed by atoms with Gasteiger partial charge in [-0.1, -0.05) is 38.1 Å². The van der Waals surface area contributed by atoms with Crippen LogP contribution in [-0.4, -0.2) is 40.0 Å². The van der Waals surface area contributed by atoms with Gasteiger partial charge in [0.1, 0.15) is 11.9 Å². The second-order valence-electron chi connectivity index (χ2n) is 9.62. The lowest BCUT2D eigenvalue weighted by Gasteiger charge is -2.46. The van der Waals surface area contributed by atoms with Gasteiger partial charge in [-0.15, -0.1) is 5.10 Å². The van der Waals surface area contributed by atoms with Crippen molar-refractivity contribution in [2.45, 2.75) is 58.2 Å². The number of amides is 1. The topological polar surface area (TPSA) is 64.2 Å². The number of carbonyl (C=O) groups is 1. The van der Waals surface area contributed by atoms with Crippen LogP contribution < -0.4 is 10.2 Å². The highest BCUT2D eigenvalue weighted by molar-refractivity contribution is 5.79. The summed E-state index contributed by atoms with van der Waals surface area (Å²) in [5, 5.41) is 11.7. The molecule has 3 fully saturated rings. The van der Waals surface area contributed by atoms with Crippen molar-refractivity contribution in [3.63, 3.8) is 0 Å². The minimum atomic E-state index is -0.255. The predicted octanol–water partition coefficient (Wildman–Crippen LogP) is 1.32. The number of piperidine rings is 3. The third kappa shape index (κ3) is 4.50. The molecule has 6 nitrogen and oxygen atoms in total. The highest BCUT2D eigenvalue weighted by Gasteiger charge is 2.46. The van der Waals surface area contributed by atoms with Gasteiger partial charge < -0.3 is 10.2 Å². The molecule has 4 atom stereocenters. The Morgan fingerprint density at radius 3 is 2.69 bits per heavy atom. The Hall–Kier alpha value is -2.28. The number of halogens is 1. The van der Waals surface area contributed by atoms with Crippen molar-refractivity contribution in [3.8, 4) is 0 Å². The van der Waals surface area contributed by atoms with E-state index in [1.54, 1.807) is 12.1 Å². The Kier molecular flexibility index (Phi) is 5.42. The first kappa shape index (κ1) is 20.0. The zero-order valence-electron chi connectivity index (χ0n) is 17.5. The number of nitrogens with zero attached hydrogens (tertiary/aromatic N) is 3. The van der Waals surface area contributed by atoms with E-state index in [9.17, 15) is 9.18 Å². The Labute approximate surface area is 171 Å². The average molecular weight is 401 g/mol. The SMILES string of the molecule is CC(C)(C)c1cn(C[C@H]2C[C@H]3CC[NH+]2C[C@@H]3C(=O)NCc2ccc(F)cc2)nn1. The molecule has 3 aliphatic heterocycles. The van der Waals surface area contributed by atoms with Crippen LogP contribution in [0.3, 0.4) is 0 Å². The molecular formula is C22H31FN5O+. The zero-order valence-corrected chi connectivity index (χ0v) is 17.5. The molecular weight excluding hydrogens is 369 g/mol. The Bertz CT molecular complexity index is 857. The number of benzene rings is 1. The van der Waals surface area contributed by atoms with E-state index in [0.29, 0.717) is 18.5 Å². The Morgan fingerprint density at radius 2 is 2.07 bits per heavy atom. The molecule has 3 saturated heterocycles. The van der Waals surface area contributed by atoms with Crippen molar-refractivity contribution in [1.82, 2.24) is 20.3 Å². The monoisotopic (exact) mass is 400 g/mol. The van der Waals surface area contributed by atoms with Crippen LogP contribution in [0.4, 0.5) is 4.39 Å². The number of aromatic nitrogens is 3. The minimum Gasteiger partial charge on any atom is -0.352 e. The van der Waals surface area contributed by atoms with Crippen molar-refractivity contribution < 1.29 is 14.1 Å². The minimum absolute atomic E-state index is 0.00463. The summed E-state index contributed by atoms with van der Waals surface area (Å²) in [6, 6.07) is 6.79. The fourth-order valence-electron chi connectivity index (χ4n) is 4.70. The van der Waals surface area contributed by atoms with Crippen molar-refractivity contribution in [2.24, 2.45) is 11.8 Å². The number of hydrogen-bond acceptors (Lipinski definition) is 3. The van der Waals surface area contributed by atoms with E-state index in [-0.39, 0.29) is 23.1 Å². The molecule has 2 bridgehead atoms. The summed E-state index contributed by atoms with van der Waals surface area (Å²) in [5.74, 6) is 0.368. The number of fused-ring (bicyclic) bond motifs is 3. The van der Waals surface area contributed by atoms with E-state index >= 15 is 0 Å². The van der Waals surface area contributed by atoms with Gasteiger partial charge in [0.25, 0.3) is 0 Å². The molecule has 0 aliphatic carbocycles. The number of nitrogens with one attached hydrogen (secondary N) is 2. The normalized spacial score (nSPS) is 26.5. The standard InChI is InChI=1S/C22H30FN5O/c1-22(2,3)20-14-28(26-25-20)12-18-10-16-8-9-27(18)13-19(16)21(29)24-11-15-4-6-17(23)7-5-15/h4-7,14,16,18-19H,8-13H2,1-3H3,(H,24,29)/p+1/t16-,18-,19+/m1/s1. The smallest absolute Gasteiger partial charge is 0.229 e. The number of quaternary nitrogens is 1. The molecule has 2 aromatic rings. The molecule has 2 N–H and O–H groups in total. The molecule has 5 rings (SSSR count). The third-order valence-corrected chi connectivity index (χ3v) is 6.48. The Balaban J connectivity index is 1.33. The molecule has 1 aromatic carbocycles. The largest absolute Gasteiger partial charge is 0.352 e. The quantitative estimate of drug-likeness (QED) is 0.796. The van der Waals surface area contributed by atoms with E-state index in [1.165, 1.54) is 17.0 Å². The van der Waals surface area contributed by atoms with Gasteiger partial charge in [0, 0.05) is 31.0 Å². The van der Waals surface area contributed by atoms with Crippen LogP contribution in [0, 0.1) is 17.7 Å². The number of rotatable bonds is 5. The Morgan fingerprint density at radius 1 is 1.31 bits per heavy atom. The van der Waals surface area contributed by atoms with Gasteiger partial charge in [0.05, 0.1) is 31.2 Å². The molecule has 1 amide bonds. The van der Waals surface area contributed by atoms with Crippen molar-refractivity contribution >= 4 is 5.91 Å². The molecule has 1 unspecified atom stereocenters. The van der Waals surface area contributed by atoms with E-state index in [4.69, 9.17) is 0 Å². The molecule has 3 aliphatic rings. The van der Waals surface area contributed by atoms with Gasteiger partial charge >= 0.3 is 0 Å². The van der Waals surface area contributed by atoms with Crippen molar-refractivity contribution in [3.05, 3.63) is 47.5 Å². The van der Waals surface area contributed by atoms with E-state index < -0.39 is 0 Å². The van der Waals surface area contributed by atoms with Gasteiger partial charge in [-0.25, -0.2) is 9.07 Å². The van der Waals surface area contributed by atoms with Crippen molar-refractivity contribution in [1.29, 1.82) is 0 Å². The molecule has 0 saturated carbocycles. The maximum Gasteiger partial charge on any atom is 0.229 e. The first-order valence-corrected chi connectivity index (χ1v) is 10.6. The zero-order chi connectivity index (χ0) is 20.6. The summed E-state index contributed by atoms with van der Waals surface area (Å²) >= 11 is 0. The molecule has 1 aromatic heterocycles. The van der Waals surface area contributed by atoms with E-state index in [0.717, 1.165) is 43.7 Å². The lowest BCUT2D eigenvalue weighted by atomic mass is 9.75. The number of carbonyl (C=O) groups excluding carboxylic acids is 1. The first-order valence-electron chi connectivity index (χ1n) is 10.6. The second-order valence-corrected chi connectivity index (χ2v) is 9.62. The van der Waals surface area contributed by atoms with E-state index in [1.807, 2.05) is 4.68 Å². The highest BCUT2D eigenvalue weighted by Crippen LogP contribution is 2.28. The van der Waals surface area contributed by atoms with Crippen LogP contribution in [0.2, 0.25) is 0 Å². The first-order chi connectivity index (χ1) is 13.8. The summed E-state index contributed by atoms with van der Waals surface area (Å²) in [6.45, 7) is 9.76. The van der Waals surface area contributed by atoms with Gasteiger partial charge in [-0.2, -0.15) is 0 Å². The fraction of sp³-hybridized carbons (Fsp3) is 0.591. The summed E-state index contributed by atoms with van der Waals surface area (Å²) in [5.41, 5.74) is 1.94.